The van der Waals surface area contributed by atoms with Gasteiger partial charge in [0.2, 0.25) is 0 Å². The van der Waals surface area contributed by atoms with E-state index in [-0.39, 0.29) is 24.5 Å². The normalized spacial score (nSPS) is 19.3. The second-order valence-electron chi connectivity index (χ2n) is 10.4. The van der Waals surface area contributed by atoms with Crippen molar-refractivity contribution < 1.29 is 27.8 Å². The summed E-state index contributed by atoms with van der Waals surface area (Å²) in [5, 5.41) is 9.98. The Balaban J connectivity index is 1.64. The molecule has 3 aromatic rings. The van der Waals surface area contributed by atoms with Gasteiger partial charge in [-0.2, -0.15) is 13.2 Å². The summed E-state index contributed by atoms with van der Waals surface area (Å²) in [5.74, 6) is -0.281. The Morgan fingerprint density at radius 2 is 1.69 bits per heavy atom. The molecule has 0 aromatic heterocycles. The Kier molecular flexibility index (Phi) is 9.10. The van der Waals surface area contributed by atoms with Crippen LogP contribution >= 0.6 is 0 Å². The number of halogens is 3. The zero-order chi connectivity index (χ0) is 28.2. The summed E-state index contributed by atoms with van der Waals surface area (Å²) in [4.78, 5) is 17.5. The zero-order valence-corrected chi connectivity index (χ0v) is 22.5. The lowest BCUT2D eigenvalue weighted by Gasteiger charge is -2.35. The molecule has 0 saturated heterocycles. The van der Waals surface area contributed by atoms with E-state index >= 15 is 0 Å². The number of hydrogen-bond acceptors (Lipinski definition) is 4. The molecule has 1 aliphatic heterocycles. The van der Waals surface area contributed by atoms with E-state index in [0.29, 0.717) is 37.4 Å². The fourth-order valence-corrected chi connectivity index (χ4v) is 5.08. The number of alkyl halides is 3. The first-order valence-electron chi connectivity index (χ1n) is 13.1. The van der Waals surface area contributed by atoms with Crippen LogP contribution in [-0.2, 0) is 24.1 Å². The molecule has 0 radical (unpaired) electrons. The SMILES string of the molecule is C[C@H]1CN([C@@H](C)CO)C(=O)c2ccccc2-c2ccccc2CO[C@H]1CN(C)Cc1cccc(C(F)(F)F)c1. The molecule has 4 rings (SSSR count). The van der Waals surface area contributed by atoms with Gasteiger partial charge >= 0.3 is 6.18 Å². The third-order valence-corrected chi connectivity index (χ3v) is 7.29. The second-order valence-corrected chi connectivity index (χ2v) is 10.4. The molecule has 0 bridgehead atoms. The van der Waals surface area contributed by atoms with E-state index in [0.717, 1.165) is 22.8 Å². The highest BCUT2D eigenvalue weighted by molar-refractivity contribution is 6.01. The van der Waals surface area contributed by atoms with Gasteiger partial charge in [-0.15, -0.1) is 0 Å². The molecule has 8 heteroatoms. The molecule has 3 aromatic carbocycles. The molecule has 0 saturated carbocycles. The van der Waals surface area contributed by atoms with Gasteiger partial charge in [-0.25, -0.2) is 0 Å². The van der Waals surface area contributed by atoms with Crippen molar-refractivity contribution in [3.63, 3.8) is 0 Å². The largest absolute Gasteiger partial charge is 0.416 e. The molecule has 5 nitrogen and oxygen atoms in total. The molecule has 1 heterocycles. The second kappa shape index (κ2) is 12.3. The van der Waals surface area contributed by atoms with Crippen LogP contribution in [0.4, 0.5) is 13.2 Å². The Morgan fingerprint density at radius 1 is 1.03 bits per heavy atom. The fourth-order valence-electron chi connectivity index (χ4n) is 5.08. The molecular formula is C31H35F3N2O3. The Hall–Kier alpha value is -3.20. The van der Waals surface area contributed by atoms with Crippen LogP contribution < -0.4 is 0 Å². The topological polar surface area (TPSA) is 53.0 Å². The predicted molar refractivity (Wildman–Crippen MR) is 145 cm³/mol. The lowest BCUT2D eigenvalue weighted by atomic mass is 9.94. The van der Waals surface area contributed by atoms with Crippen molar-refractivity contribution in [2.24, 2.45) is 5.92 Å². The number of carbonyl (C=O) groups excluding carboxylic acids is 1. The van der Waals surface area contributed by atoms with Gasteiger partial charge in [-0.3, -0.25) is 9.69 Å². The number of aliphatic hydroxyl groups excluding tert-OH is 1. The highest BCUT2D eigenvalue weighted by Crippen LogP contribution is 2.32. The number of aliphatic hydroxyl groups is 1. The summed E-state index contributed by atoms with van der Waals surface area (Å²) >= 11 is 0. The minimum absolute atomic E-state index is 0.121. The first kappa shape index (κ1) is 28.8. The van der Waals surface area contributed by atoms with Gasteiger partial charge in [0.15, 0.2) is 0 Å². The molecule has 0 spiro atoms. The van der Waals surface area contributed by atoms with Crippen LogP contribution in [0, 0.1) is 5.92 Å². The third-order valence-electron chi connectivity index (χ3n) is 7.29. The number of rotatable bonds is 6. The van der Waals surface area contributed by atoms with Crippen LogP contribution in [-0.4, -0.2) is 59.7 Å². The fraction of sp³-hybridized carbons (Fsp3) is 0.387. The number of likely N-dealkylation sites (N-methyl/N-ethyl adjacent to an activating group) is 1. The first-order valence-corrected chi connectivity index (χ1v) is 13.1. The summed E-state index contributed by atoms with van der Waals surface area (Å²) in [6, 6.07) is 20.2. The van der Waals surface area contributed by atoms with Crippen molar-refractivity contribution in [2.45, 2.75) is 45.3 Å². The number of carbonyl (C=O) groups is 1. The number of benzene rings is 3. The van der Waals surface area contributed by atoms with Crippen molar-refractivity contribution in [1.29, 1.82) is 0 Å². The smallest absolute Gasteiger partial charge is 0.394 e. The predicted octanol–water partition coefficient (Wildman–Crippen LogP) is 5.86. The summed E-state index contributed by atoms with van der Waals surface area (Å²) in [6.45, 7) is 5.07. The van der Waals surface area contributed by atoms with Gasteiger partial charge in [-0.05, 0) is 48.4 Å². The summed E-state index contributed by atoms with van der Waals surface area (Å²) in [5.41, 5.74) is 3.12. The van der Waals surface area contributed by atoms with Crippen molar-refractivity contribution in [3.05, 3.63) is 95.1 Å². The maximum absolute atomic E-state index is 13.9. The monoisotopic (exact) mass is 540 g/mol. The molecule has 208 valence electrons. The molecule has 39 heavy (non-hydrogen) atoms. The lowest BCUT2D eigenvalue weighted by Crippen LogP contribution is -2.47. The van der Waals surface area contributed by atoms with Crippen molar-refractivity contribution >= 4 is 5.91 Å². The maximum Gasteiger partial charge on any atom is 0.416 e. The Labute approximate surface area is 227 Å². The van der Waals surface area contributed by atoms with Crippen LogP contribution in [0.25, 0.3) is 11.1 Å². The van der Waals surface area contributed by atoms with Gasteiger partial charge in [0.1, 0.15) is 0 Å². The van der Waals surface area contributed by atoms with Crippen LogP contribution in [0.3, 0.4) is 0 Å². The van der Waals surface area contributed by atoms with Crippen molar-refractivity contribution in [3.8, 4) is 11.1 Å². The average Bonchev–Trinajstić information content (AvgIpc) is 2.94. The van der Waals surface area contributed by atoms with E-state index in [4.69, 9.17) is 4.74 Å². The highest BCUT2D eigenvalue weighted by Gasteiger charge is 2.32. The molecule has 1 amide bonds. The summed E-state index contributed by atoms with van der Waals surface area (Å²) in [7, 11) is 1.85. The quantitative estimate of drug-likeness (QED) is 0.426. The van der Waals surface area contributed by atoms with E-state index in [9.17, 15) is 23.1 Å². The lowest BCUT2D eigenvalue weighted by molar-refractivity contribution is -0.137. The van der Waals surface area contributed by atoms with Gasteiger partial charge in [0.25, 0.3) is 5.91 Å². The van der Waals surface area contributed by atoms with E-state index in [1.165, 1.54) is 12.1 Å². The van der Waals surface area contributed by atoms with Crippen molar-refractivity contribution in [2.75, 3.05) is 26.7 Å². The molecular weight excluding hydrogens is 505 g/mol. The zero-order valence-electron chi connectivity index (χ0n) is 22.5. The summed E-state index contributed by atoms with van der Waals surface area (Å²) < 4.78 is 46.1. The van der Waals surface area contributed by atoms with Gasteiger partial charge in [-0.1, -0.05) is 67.6 Å². The standard InChI is InChI=1S/C31H35F3N2O3/c1-21-16-36(22(2)19-37)30(38)28-14-7-6-13-27(28)26-12-5-4-10-24(26)20-39-29(21)18-35(3)17-23-9-8-11-25(15-23)31(32,33)34/h4-15,21-22,29,37H,16-20H2,1-3H3/t21-,22-,29-/m0/s1. The van der Waals surface area contributed by atoms with Gasteiger partial charge < -0.3 is 14.7 Å². The Bertz CT molecular complexity index is 1280. The number of ether oxygens (including phenoxy) is 1. The van der Waals surface area contributed by atoms with E-state index in [1.807, 2.05) is 74.3 Å². The molecule has 0 fully saturated rings. The highest BCUT2D eigenvalue weighted by atomic mass is 19.4. The number of fused-ring (bicyclic) bond motifs is 3. The van der Waals surface area contributed by atoms with E-state index < -0.39 is 17.8 Å². The molecule has 0 unspecified atom stereocenters. The molecule has 3 atom stereocenters. The van der Waals surface area contributed by atoms with Gasteiger partial charge in [0.05, 0.1) is 30.9 Å². The number of hydrogen-bond donors (Lipinski definition) is 1. The third kappa shape index (κ3) is 6.87. The number of amides is 1. The molecule has 1 aliphatic rings. The van der Waals surface area contributed by atoms with Crippen LogP contribution in [0.1, 0.15) is 40.9 Å². The van der Waals surface area contributed by atoms with Crippen LogP contribution in [0.15, 0.2) is 72.8 Å². The van der Waals surface area contributed by atoms with Gasteiger partial charge in [0, 0.05) is 31.1 Å². The Morgan fingerprint density at radius 3 is 2.38 bits per heavy atom. The van der Waals surface area contributed by atoms with Crippen LogP contribution in [0.5, 0.6) is 0 Å². The molecule has 0 aliphatic carbocycles. The minimum atomic E-state index is -4.40. The van der Waals surface area contributed by atoms with Crippen molar-refractivity contribution in [1.82, 2.24) is 9.80 Å². The van der Waals surface area contributed by atoms with E-state index in [1.54, 1.807) is 11.0 Å². The number of nitrogens with zero attached hydrogens (tertiary/aromatic N) is 2. The van der Waals surface area contributed by atoms with Crippen LogP contribution in [0.2, 0.25) is 0 Å². The summed E-state index contributed by atoms with van der Waals surface area (Å²) in [6.07, 6.45) is -4.72. The molecule has 1 N–H and O–H groups in total. The first-order chi connectivity index (χ1) is 18.6. The average molecular weight is 541 g/mol. The van der Waals surface area contributed by atoms with E-state index in [2.05, 4.69) is 0 Å². The minimum Gasteiger partial charge on any atom is -0.394 e. The maximum atomic E-state index is 13.9.